The molecule has 0 aliphatic rings. The predicted octanol–water partition coefficient (Wildman–Crippen LogP) is 5.21. The van der Waals surface area contributed by atoms with Crippen LogP contribution >= 0.6 is 22.6 Å². The first-order chi connectivity index (χ1) is 10.1. The number of benzene rings is 3. The minimum Gasteiger partial charge on any atom is -0.507 e. The van der Waals surface area contributed by atoms with Crippen molar-refractivity contribution in [3.8, 4) is 5.75 Å². The quantitative estimate of drug-likeness (QED) is 0.475. The molecule has 0 atom stereocenters. The number of fused-ring (bicyclic) bond motifs is 1. The zero-order valence-corrected chi connectivity index (χ0v) is 13.7. The second-order valence-electron chi connectivity index (χ2n) is 4.91. The van der Waals surface area contributed by atoms with E-state index in [2.05, 4.69) is 34.5 Å². The van der Waals surface area contributed by atoms with Crippen molar-refractivity contribution in [3.63, 3.8) is 0 Å². The van der Waals surface area contributed by atoms with Gasteiger partial charge in [-0.2, -0.15) is 0 Å². The molecular weight excluding hydrogens is 373 g/mol. The average Bonchev–Trinajstić information content (AvgIpc) is 2.50. The first-order valence-electron chi connectivity index (χ1n) is 6.66. The third kappa shape index (κ3) is 2.93. The summed E-state index contributed by atoms with van der Waals surface area (Å²) in [6, 6.07) is 17.7. The maximum absolute atomic E-state index is 10.1. The van der Waals surface area contributed by atoms with Crippen LogP contribution in [0.3, 0.4) is 0 Å². The lowest BCUT2D eigenvalue weighted by Gasteiger charge is -2.05. The van der Waals surface area contributed by atoms with Gasteiger partial charge in [-0.15, -0.1) is 0 Å². The second-order valence-corrected chi connectivity index (χ2v) is 6.07. The molecule has 3 rings (SSSR count). The van der Waals surface area contributed by atoms with E-state index in [9.17, 15) is 5.11 Å². The van der Waals surface area contributed by atoms with E-state index in [1.807, 2.05) is 48.5 Å². The van der Waals surface area contributed by atoms with Crippen LogP contribution in [0, 0.1) is 10.5 Å². The molecule has 0 unspecified atom stereocenters. The number of phenols is 1. The number of hydrogen-bond acceptors (Lipinski definition) is 2. The summed E-state index contributed by atoms with van der Waals surface area (Å²) in [6.07, 6.45) is 1.74. The molecule has 0 fully saturated rings. The van der Waals surface area contributed by atoms with Gasteiger partial charge in [-0.25, -0.2) is 0 Å². The summed E-state index contributed by atoms with van der Waals surface area (Å²) in [6.45, 7) is 2.07. The number of phenolic OH excluding ortho intramolecular Hbond substituents is 1. The number of rotatable bonds is 2. The molecule has 2 nitrogen and oxygen atoms in total. The molecule has 0 bridgehead atoms. The van der Waals surface area contributed by atoms with Gasteiger partial charge in [-0.1, -0.05) is 30.3 Å². The van der Waals surface area contributed by atoms with E-state index >= 15 is 0 Å². The standard InChI is InChI=1S/C18H14INO/c1-12-10-14(7-8-17(12)19)20-11-16-15-5-3-2-4-13(15)6-9-18(16)21/h2-11,21H,1H3. The molecule has 3 aromatic carbocycles. The Bertz CT molecular complexity index is 840. The van der Waals surface area contributed by atoms with Crippen LogP contribution in [0.1, 0.15) is 11.1 Å². The Kier molecular flexibility index (Phi) is 3.92. The smallest absolute Gasteiger partial charge is 0.124 e. The van der Waals surface area contributed by atoms with Gasteiger partial charge in [0.05, 0.1) is 5.69 Å². The molecule has 0 aromatic heterocycles. The van der Waals surface area contributed by atoms with Crippen molar-refractivity contribution in [3.05, 3.63) is 69.3 Å². The molecule has 0 aliphatic heterocycles. The number of aliphatic imine (C=N–C) groups is 1. The Labute approximate surface area is 137 Å². The minimum atomic E-state index is 0.250. The molecule has 1 N–H and O–H groups in total. The minimum absolute atomic E-state index is 0.250. The van der Waals surface area contributed by atoms with Crippen LogP contribution in [0.25, 0.3) is 10.8 Å². The van der Waals surface area contributed by atoms with Crippen LogP contribution in [0.15, 0.2) is 59.6 Å². The van der Waals surface area contributed by atoms with E-state index in [1.54, 1.807) is 12.3 Å². The highest BCUT2D eigenvalue weighted by atomic mass is 127. The molecule has 0 aliphatic carbocycles. The predicted molar refractivity (Wildman–Crippen MR) is 96.8 cm³/mol. The molecule has 0 amide bonds. The number of aryl methyl sites for hydroxylation is 1. The summed E-state index contributed by atoms with van der Waals surface area (Å²) in [7, 11) is 0. The van der Waals surface area contributed by atoms with Crippen LogP contribution in [0.2, 0.25) is 0 Å². The SMILES string of the molecule is Cc1cc(N=Cc2c(O)ccc3ccccc23)ccc1I. The molecular formula is C18H14INO. The lowest BCUT2D eigenvalue weighted by Crippen LogP contribution is -1.86. The fraction of sp³-hybridized carbons (Fsp3) is 0.0556. The summed E-state index contributed by atoms with van der Waals surface area (Å²) in [5, 5.41) is 12.2. The third-order valence-electron chi connectivity index (χ3n) is 3.43. The molecule has 0 radical (unpaired) electrons. The summed E-state index contributed by atoms with van der Waals surface area (Å²) < 4.78 is 1.22. The maximum Gasteiger partial charge on any atom is 0.124 e. The highest BCUT2D eigenvalue weighted by Crippen LogP contribution is 2.26. The monoisotopic (exact) mass is 387 g/mol. The van der Waals surface area contributed by atoms with Gasteiger partial charge in [0.15, 0.2) is 0 Å². The van der Waals surface area contributed by atoms with E-state index in [4.69, 9.17) is 0 Å². The summed E-state index contributed by atoms with van der Waals surface area (Å²) in [4.78, 5) is 4.50. The van der Waals surface area contributed by atoms with Crippen LogP contribution in [-0.4, -0.2) is 11.3 Å². The van der Waals surface area contributed by atoms with E-state index in [0.717, 1.165) is 22.0 Å². The van der Waals surface area contributed by atoms with Crippen LogP contribution in [-0.2, 0) is 0 Å². The zero-order chi connectivity index (χ0) is 14.8. The molecule has 3 aromatic rings. The van der Waals surface area contributed by atoms with Crippen LogP contribution in [0.4, 0.5) is 5.69 Å². The number of nitrogens with zero attached hydrogens (tertiary/aromatic N) is 1. The number of aromatic hydroxyl groups is 1. The van der Waals surface area contributed by atoms with Gasteiger partial charge < -0.3 is 5.11 Å². The van der Waals surface area contributed by atoms with Gasteiger partial charge in [-0.3, -0.25) is 4.99 Å². The summed E-state index contributed by atoms with van der Waals surface area (Å²) in [5.41, 5.74) is 2.84. The largest absolute Gasteiger partial charge is 0.507 e. The first kappa shape index (κ1) is 14.1. The molecule has 21 heavy (non-hydrogen) atoms. The van der Waals surface area contributed by atoms with Crippen LogP contribution < -0.4 is 0 Å². The van der Waals surface area contributed by atoms with Gasteiger partial charge >= 0.3 is 0 Å². The van der Waals surface area contributed by atoms with Crippen molar-refractivity contribution in [2.75, 3.05) is 0 Å². The van der Waals surface area contributed by atoms with E-state index in [0.29, 0.717) is 0 Å². The lowest BCUT2D eigenvalue weighted by atomic mass is 10.0. The summed E-state index contributed by atoms with van der Waals surface area (Å²) in [5.74, 6) is 0.250. The lowest BCUT2D eigenvalue weighted by molar-refractivity contribution is 0.475. The molecule has 3 heteroatoms. The Balaban J connectivity index is 2.06. The van der Waals surface area contributed by atoms with Gasteiger partial charge in [0.25, 0.3) is 0 Å². The van der Waals surface area contributed by atoms with E-state index in [1.165, 1.54) is 9.13 Å². The van der Waals surface area contributed by atoms with Crippen molar-refractivity contribution in [2.45, 2.75) is 6.92 Å². The Morgan fingerprint density at radius 1 is 1.05 bits per heavy atom. The van der Waals surface area contributed by atoms with Crippen molar-refractivity contribution in [2.24, 2.45) is 4.99 Å². The van der Waals surface area contributed by atoms with Crippen LogP contribution in [0.5, 0.6) is 5.75 Å². The van der Waals surface area contributed by atoms with Crippen molar-refractivity contribution < 1.29 is 5.11 Å². The molecule has 0 saturated carbocycles. The van der Waals surface area contributed by atoms with E-state index < -0.39 is 0 Å². The van der Waals surface area contributed by atoms with E-state index in [-0.39, 0.29) is 5.75 Å². The molecule has 0 spiro atoms. The number of halogens is 1. The fourth-order valence-electron chi connectivity index (χ4n) is 2.27. The van der Waals surface area contributed by atoms with Crippen molar-refractivity contribution in [1.29, 1.82) is 0 Å². The van der Waals surface area contributed by atoms with Gasteiger partial charge in [-0.05, 0) is 70.1 Å². The third-order valence-corrected chi connectivity index (χ3v) is 4.64. The van der Waals surface area contributed by atoms with Gasteiger partial charge in [0.2, 0.25) is 0 Å². The number of hydrogen-bond donors (Lipinski definition) is 1. The fourth-order valence-corrected chi connectivity index (χ4v) is 2.60. The Morgan fingerprint density at radius 3 is 2.67 bits per heavy atom. The first-order valence-corrected chi connectivity index (χ1v) is 7.74. The van der Waals surface area contributed by atoms with Gasteiger partial charge in [0.1, 0.15) is 5.75 Å². The highest BCUT2D eigenvalue weighted by Gasteiger charge is 2.04. The normalized spacial score (nSPS) is 11.3. The topological polar surface area (TPSA) is 32.6 Å². The maximum atomic E-state index is 10.1. The molecule has 0 heterocycles. The average molecular weight is 387 g/mol. The molecule has 0 saturated heterocycles. The highest BCUT2D eigenvalue weighted by molar-refractivity contribution is 14.1. The second kappa shape index (κ2) is 5.85. The van der Waals surface area contributed by atoms with Crippen molar-refractivity contribution >= 4 is 45.3 Å². The Morgan fingerprint density at radius 2 is 1.86 bits per heavy atom. The van der Waals surface area contributed by atoms with Gasteiger partial charge in [0, 0.05) is 15.3 Å². The molecule has 104 valence electrons. The zero-order valence-electron chi connectivity index (χ0n) is 11.5. The summed E-state index contributed by atoms with van der Waals surface area (Å²) >= 11 is 2.31. The van der Waals surface area contributed by atoms with Crippen molar-refractivity contribution in [1.82, 2.24) is 0 Å². The Hall–Kier alpha value is -1.88.